The van der Waals surface area contributed by atoms with Gasteiger partial charge >= 0.3 is 0 Å². The molecule has 2 rings (SSSR count). The highest BCUT2D eigenvalue weighted by Crippen LogP contribution is 2.12. The standard InChI is InChI=1S/C8H6ClN3O/c1-12-5-3-2-4-10-7(5)11-8(12)6(9)13/h2-4H,1H3. The van der Waals surface area contributed by atoms with E-state index in [9.17, 15) is 4.79 Å². The number of imidazole rings is 1. The molecule has 0 saturated carbocycles. The van der Waals surface area contributed by atoms with Gasteiger partial charge in [-0.1, -0.05) is 0 Å². The predicted octanol–water partition coefficient (Wildman–Crippen LogP) is 1.35. The third-order valence-corrected chi connectivity index (χ3v) is 2.00. The zero-order valence-electron chi connectivity index (χ0n) is 6.86. The number of carbonyl (C=O) groups is 1. The molecule has 0 unspecified atom stereocenters. The van der Waals surface area contributed by atoms with Gasteiger partial charge in [-0.3, -0.25) is 4.79 Å². The van der Waals surface area contributed by atoms with Crippen molar-refractivity contribution in [2.75, 3.05) is 0 Å². The molecule has 0 atom stereocenters. The topological polar surface area (TPSA) is 47.8 Å². The first kappa shape index (κ1) is 8.19. The lowest BCUT2D eigenvalue weighted by Gasteiger charge is -1.94. The van der Waals surface area contributed by atoms with Crippen LogP contribution < -0.4 is 0 Å². The smallest absolute Gasteiger partial charge is 0.288 e. The molecule has 0 aromatic carbocycles. The first-order valence-corrected chi connectivity index (χ1v) is 4.05. The number of aromatic nitrogens is 3. The van der Waals surface area contributed by atoms with Crippen LogP contribution in [0.3, 0.4) is 0 Å². The summed E-state index contributed by atoms with van der Waals surface area (Å²) >= 11 is 5.33. The highest BCUT2D eigenvalue weighted by atomic mass is 35.5. The number of aryl methyl sites for hydroxylation is 1. The summed E-state index contributed by atoms with van der Waals surface area (Å²) in [6, 6.07) is 3.62. The van der Waals surface area contributed by atoms with E-state index in [0.29, 0.717) is 5.65 Å². The zero-order chi connectivity index (χ0) is 9.42. The first-order chi connectivity index (χ1) is 6.20. The lowest BCUT2D eigenvalue weighted by Crippen LogP contribution is -2.00. The van der Waals surface area contributed by atoms with Crippen LogP contribution in [0.1, 0.15) is 10.6 Å². The van der Waals surface area contributed by atoms with Crippen molar-refractivity contribution < 1.29 is 4.79 Å². The van der Waals surface area contributed by atoms with Crippen molar-refractivity contribution in [3.8, 4) is 0 Å². The SMILES string of the molecule is Cn1c(C(=O)Cl)nc2ncccc21. The van der Waals surface area contributed by atoms with Crippen molar-refractivity contribution in [1.29, 1.82) is 0 Å². The summed E-state index contributed by atoms with van der Waals surface area (Å²) in [4.78, 5) is 18.9. The largest absolute Gasteiger partial charge is 0.322 e. The van der Waals surface area contributed by atoms with Gasteiger partial charge in [0.15, 0.2) is 11.5 Å². The molecule has 66 valence electrons. The van der Waals surface area contributed by atoms with Crippen LogP contribution in [0.15, 0.2) is 18.3 Å². The molecule has 13 heavy (non-hydrogen) atoms. The summed E-state index contributed by atoms with van der Waals surface area (Å²) in [6.07, 6.45) is 1.62. The molecule has 0 amide bonds. The number of hydrogen-bond acceptors (Lipinski definition) is 3. The highest BCUT2D eigenvalue weighted by Gasteiger charge is 2.12. The average Bonchev–Trinajstić information content (AvgIpc) is 2.45. The first-order valence-electron chi connectivity index (χ1n) is 3.67. The van der Waals surface area contributed by atoms with E-state index >= 15 is 0 Å². The van der Waals surface area contributed by atoms with E-state index in [4.69, 9.17) is 11.6 Å². The minimum absolute atomic E-state index is 0.218. The third kappa shape index (κ3) is 1.19. The van der Waals surface area contributed by atoms with Crippen LogP contribution in [0.4, 0.5) is 0 Å². The number of nitrogens with zero attached hydrogens (tertiary/aromatic N) is 3. The van der Waals surface area contributed by atoms with Gasteiger partial charge in [0.05, 0.1) is 5.52 Å². The van der Waals surface area contributed by atoms with E-state index in [-0.39, 0.29) is 5.82 Å². The molecule has 0 aliphatic carbocycles. The maximum atomic E-state index is 10.9. The predicted molar refractivity (Wildman–Crippen MR) is 48.7 cm³/mol. The van der Waals surface area contributed by atoms with Crippen molar-refractivity contribution in [2.24, 2.45) is 7.05 Å². The fraction of sp³-hybridized carbons (Fsp3) is 0.125. The van der Waals surface area contributed by atoms with Crippen molar-refractivity contribution in [3.63, 3.8) is 0 Å². The van der Waals surface area contributed by atoms with Crippen LogP contribution in [-0.2, 0) is 7.05 Å². The minimum Gasteiger partial charge on any atom is -0.322 e. The van der Waals surface area contributed by atoms with E-state index in [1.807, 2.05) is 6.07 Å². The molecule has 2 heterocycles. The summed E-state index contributed by atoms with van der Waals surface area (Å²) in [5, 5.41) is -0.569. The number of pyridine rings is 1. The van der Waals surface area contributed by atoms with Crippen molar-refractivity contribution >= 4 is 28.0 Å². The minimum atomic E-state index is -0.569. The summed E-state index contributed by atoms with van der Waals surface area (Å²) < 4.78 is 1.62. The number of fused-ring (bicyclic) bond motifs is 1. The molecule has 0 saturated heterocycles. The molecule has 2 aromatic heterocycles. The van der Waals surface area contributed by atoms with Crippen molar-refractivity contribution in [1.82, 2.24) is 14.5 Å². The van der Waals surface area contributed by atoms with E-state index in [0.717, 1.165) is 5.52 Å². The Bertz CT molecular complexity index is 477. The van der Waals surface area contributed by atoms with Crippen LogP contribution in [0.2, 0.25) is 0 Å². The molecular weight excluding hydrogens is 190 g/mol. The van der Waals surface area contributed by atoms with Crippen LogP contribution in [-0.4, -0.2) is 19.8 Å². The summed E-state index contributed by atoms with van der Waals surface area (Å²) in [5.74, 6) is 0.218. The summed E-state index contributed by atoms with van der Waals surface area (Å²) in [5.41, 5.74) is 1.33. The Kier molecular flexibility index (Phi) is 1.77. The van der Waals surface area contributed by atoms with Crippen LogP contribution in [0, 0.1) is 0 Å². The Hall–Kier alpha value is -1.42. The number of halogens is 1. The van der Waals surface area contributed by atoms with E-state index in [1.165, 1.54) is 0 Å². The van der Waals surface area contributed by atoms with Gasteiger partial charge in [0, 0.05) is 13.2 Å². The Labute approximate surface area is 79.2 Å². The summed E-state index contributed by atoms with van der Waals surface area (Å²) in [7, 11) is 1.73. The second kappa shape index (κ2) is 2.81. The molecule has 2 aromatic rings. The maximum absolute atomic E-state index is 10.9. The van der Waals surface area contributed by atoms with Gasteiger partial charge in [-0.2, -0.15) is 0 Å². The molecule has 5 heteroatoms. The fourth-order valence-electron chi connectivity index (χ4n) is 1.20. The quantitative estimate of drug-likeness (QED) is 0.646. The monoisotopic (exact) mass is 195 g/mol. The average molecular weight is 196 g/mol. The molecule has 0 spiro atoms. The van der Waals surface area contributed by atoms with E-state index in [1.54, 1.807) is 23.9 Å². The summed E-state index contributed by atoms with van der Waals surface area (Å²) in [6.45, 7) is 0. The molecule has 4 nitrogen and oxygen atoms in total. The van der Waals surface area contributed by atoms with Gasteiger partial charge in [0.2, 0.25) is 0 Å². The Morgan fingerprint density at radius 1 is 1.62 bits per heavy atom. The van der Waals surface area contributed by atoms with Gasteiger partial charge in [0.1, 0.15) is 0 Å². The second-order valence-corrected chi connectivity index (χ2v) is 2.96. The van der Waals surface area contributed by atoms with Crippen molar-refractivity contribution in [3.05, 3.63) is 24.2 Å². The van der Waals surface area contributed by atoms with Gasteiger partial charge < -0.3 is 4.57 Å². The molecule has 0 fully saturated rings. The zero-order valence-corrected chi connectivity index (χ0v) is 7.62. The number of rotatable bonds is 1. The molecule has 0 radical (unpaired) electrons. The lowest BCUT2D eigenvalue weighted by atomic mass is 10.4. The fourth-order valence-corrected chi connectivity index (χ4v) is 1.37. The Balaban J connectivity index is 2.81. The normalized spacial score (nSPS) is 10.6. The molecular formula is C8H6ClN3O. The second-order valence-electron chi connectivity index (χ2n) is 2.61. The molecule has 0 aliphatic rings. The van der Waals surface area contributed by atoms with Crippen molar-refractivity contribution in [2.45, 2.75) is 0 Å². The third-order valence-electron chi connectivity index (χ3n) is 1.83. The van der Waals surface area contributed by atoms with Gasteiger partial charge in [0.25, 0.3) is 5.24 Å². The highest BCUT2D eigenvalue weighted by molar-refractivity contribution is 6.67. The number of hydrogen-bond donors (Lipinski definition) is 0. The Morgan fingerprint density at radius 3 is 3.00 bits per heavy atom. The Morgan fingerprint density at radius 2 is 2.38 bits per heavy atom. The van der Waals surface area contributed by atoms with Crippen LogP contribution in [0.5, 0.6) is 0 Å². The van der Waals surface area contributed by atoms with Crippen LogP contribution in [0.25, 0.3) is 11.2 Å². The molecule has 0 aliphatic heterocycles. The maximum Gasteiger partial charge on any atom is 0.288 e. The van der Waals surface area contributed by atoms with E-state index < -0.39 is 5.24 Å². The van der Waals surface area contributed by atoms with Gasteiger partial charge in [-0.05, 0) is 23.7 Å². The van der Waals surface area contributed by atoms with Gasteiger partial charge in [-0.25, -0.2) is 9.97 Å². The molecule has 0 N–H and O–H groups in total. The van der Waals surface area contributed by atoms with Gasteiger partial charge in [-0.15, -0.1) is 0 Å². The van der Waals surface area contributed by atoms with Crippen LogP contribution >= 0.6 is 11.6 Å². The van der Waals surface area contributed by atoms with E-state index in [2.05, 4.69) is 9.97 Å². The lowest BCUT2D eigenvalue weighted by molar-refractivity contribution is 0.107. The number of carbonyl (C=O) groups excluding carboxylic acids is 1. The molecule has 0 bridgehead atoms.